The minimum atomic E-state index is -0.230. The fourth-order valence-electron chi connectivity index (χ4n) is 2.72. The Balaban J connectivity index is 1.63. The van der Waals surface area contributed by atoms with Crippen molar-refractivity contribution in [3.63, 3.8) is 0 Å². The molecule has 0 aliphatic carbocycles. The van der Waals surface area contributed by atoms with Crippen LogP contribution < -0.4 is 11.1 Å². The van der Waals surface area contributed by atoms with E-state index in [1.54, 1.807) is 6.33 Å². The molecule has 0 radical (unpaired) electrons. The fraction of sp³-hybridized carbons (Fsp3) is 0.353. The molecule has 23 heavy (non-hydrogen) atoms. The first-order valence-electron chi connectivity index (χ1n) is 7.91. The van der Waals surface area contributed by atoms with Gasteiger partial charge >= 0.3 is 0 Å². The van der Waals surface area contributed by atoms with Gasteiger partial charge in [0.25, 0.3) is 0 Å². The Kier molecular flexibility index (Phi) is 4.52. The molecular formula is C17H22N6. The van der Waals surface area contributed by atoms with E-state index in [4.69, 9.17) is 5.73 Å². The van der Waals surface area contributed by atoms with Crippen LogP contribution in [-0.2, 0) is 6.42 Å². The maximum absolute atomic E-state index is 6.59. The third kappa shape index (κ3) is 3.65. The van der Waals surface area contributed by atoms with Crippen LogP contribution in [0, 0.1) is 0 Å². The van der Waals surface area contributed by atoms with E-state index in [1.807, 2.05) is 6.07 Å². The van der Waals surface area contributed by atoms with Gasteiger partial charge < -0.3 is 16.0 Å². The quantitative estimate of drug-likeness (QED) is 0.623. The molecule has 0 aliphatic heterocycles. The molecule has 6 nitrogen and oxygen atoms in total. The molecule has 0 spiro atoms. The lowest BCUT2D eigenvalue weighted by molar-refractivity contribution is 0.387. The standard InChI is InChI=1S/C17H22N6/c1-2-17(18,10-13-6-4-3-5-7-13)8-9-19-15-14-16(21-11-20-14)23-12-22-15/h3-7,11-12H,2,8-10,18H2,1H3,(H2,19,20,21,22,23). The van der Waals surface area contributed by atoms with E-state index in [0.29, 0.717) is 0 Å². The average molecular weight is 310 g/mol. The summed E-state index contributed by atoms with van der Waals surface area (Å²) in [7, 11) is 0. The minimum absolute atomic E-state index is 0.230. The van der Waals surface area contributed by atoms with Crippen molar-refractivity contribution in [3.05, 3.63) is 48.5 Å². The number of hydrogen-bond acceptors (Lipinski definition) is 5. The van der Waals surface area contributed by atoms with Crippen molar-refractivity contribution < 1.29 is 0 Å². The lowest BCUT2D eigenvalue weighted by Crippen LogP contribution is -2.43. The Morgan fingerprint density at radius 1 is 1.17 bits per heavy atom. The molecular weight excluding hydrogens is 288 g/mol. The molecule has 0 aliphatic rings. The summed E-state index contributed by atoms with van der Waals surface area (Å²) in [6, 6.07) is 10.4. The highest BCUT2D eigenvalue weighted by Crippen LogP contribution is 2.20. The van der Waals surface area contributed by atoms with Crippen LogP contribution in [0.25, 0.3) is 11.2 Å². The summed E-state index contributed by atoms with van der Waals surface area (Å²) in [6.45, 7) is 2.88. The Bertz CT molecular complexity index is 754. The molecule has 2 aromatic heterocycles. The molecule has 3 aromatic rings. The number of nitrogens with two attached hydrogens (primary N) is 1. The largest absolute Gasteiger partial charge is 0.368 e. The van der Waals surface area contributed by atoms with Crippen LogP contribution in [0.5, 0.6) is 0 Å². The van der Waals surface area contributed by atoms with Gasteiger partial charge in [-0.2, -0.15) is 0 Å². The van der Waals surface area contributed by atoms with Gasteiger partial charge in [0.05, 0.1) is 6.33 Å². The first-order valence-corrected chi connectivity index (χ1v) is 7.91. The summed E-state index contributed by atoms with van der Waals surface area (Å²) in [4.78, 5) is 15.6. The van der Waals surface area contributed by atoms with E-state index in [9.17, 15) is 0 Å². The van der Waals surface area contributed by atoms with E-state index in [-0.39, 0.29) is 5.54 Å². The summed E-state index contributed by atoms with van der Waals surface area (Å²) in [5.74, 6) is 0.745. The highest BCUT2D eigenvalue weighted by Gasteiger charge is 2.23. The smallest absolute Gasteiger partial charge is 0.162 e. The SMILES string of the molecule is CCC(N)(CCNc1ncnc2[nH]cnc12)Cc1ccccc1. The van der Waals surface area contributed by atoms with Gasteiger partial charge in [0.15, 0.2) is 11.5 Å². The Morgan fingerprint density at radius 2 is 2.00 bits per heavy atom. The van der Waals surface area contributed by atoms with Crippen LogP contribution in [-0.4, -0.2) is 32.0 Å². The summed E-state index contributed by atoms with van der Waals surface area (Å²) >= 11 is 0. The first kappa shape index (κ1) is 15.4. The van der Waals surface area contributed by atoms with Crippen LogP contribution in [0.2, 0.25) is 0 Å². The number of H-pyrrole nitrogens is 1. The van der Waals surface area contributed by atoms with E-state index < -0.39 is 0 Å². The highest BCUT2D eigenvalue weighted by atomic mass is 15.1. The molecule has 2 heterocycles. The number of hydrogen-bond donors (Lipinski definition) is 3. The van der Waals surface area contributed by atoms with Gasteiger partial charge in [0.1, 0.15) is 11.8 Å². The van der Waals surface area contributed by atoms with Gasteiger partial charge in [-0.25, -0.2) is 15.0 Å². The molecule has 4 N–H and O–H groups in total. The zero-order chi connectivity index (χ0) is 16.1. The number of fused-ring (bicyclic) bond motifs is 1. The lowest BCUT2D eigenvalue weighted by Gasteiger charge is -2.28. The van der Waals surface area contributed by atoms with Crippen molar-refractivity contribution in [3.8, 4) is 0 Å². The second-order valence-corrected chi connectivity index (χ2v) is 5.88. The van der Waals surface area contributed by atoms with Gasteiger partial charge in [0.2, 0.25) is 0 Å². The van der Waals surface area contributed by atoms with Gasteiger partial charge in [-0.15, -0.1) is 0 Å². The number of anilines is 1. The number of imidazole rings is 1. The molecule has 1 atom stereocenters. The van der Waals surface area contributed by atoms with Crippen molar-refractivity contribution in [2.75, 3.05) is 11.9 Å². The summed E-state index contributed by atoms with van der Waals surface area (Å²) in [5, 5.41) is 3.34. The molecule has 0 saturated carbocycles. The maximum Gasteiger partial charge on any atom is 0.162 e. The van der Waals surface area contributed by atoms with Crippen LogP contribution in [0.4, 0.5) is 5.82 Å². The number of rotatable bonds is 7. The van der Waals surface area contributed by atoms with Gasteiger partial charge in [-0.3, -0.25) is 0 Å². The van der Waals surface area contributed by atoms with Crippen molar-refractivity contribution in [2.24, 2.45) is 5.73 Å². The average Bonchev–Trinajstić information content (AvgIpc) is 3.05. The molecule has 0 saturated heterocycles. The molecule has 1 unspecified atom stereocenters. The van der Waals surface area contributed by atoms with Crippen molar-refractivity contribution in [1.82, 2.24) is 19.9 Å². The van der Waals surface area contributed by atoms with E-state index in [1.165, 1.54) is 11.9 Å². The van der Waals surface area contributed by atoms with Crippen molar-refractivity contribution in [1.29, 1.82) is 0 Å². The van der Waals surface area contributed by atoms with E-state index >= 15 is 0 Å². The predicted molar refractivity (Wildman–Crippen MR) is 92.1 cm³/mol. The normalized spacial score (nSPS) is 13.8. The molecule has 0 fully saturated rings. The zero-order valence-electron chi connectivity index (χ0n) is 13.3. The third-order valence-corrected chi connectivity index (χ3v) is 4.24. The number of nitrogens with zero attached hydrogens (tertiary/aromatic N) is 3. The Morgan fingerprint density at radius 3 is 2.78 bits per heavy atom. The highest BCUT2D eigenvalue weighted by molar-refractivity contribution is 5.81. The zero-order valence-corrected chi connectivity index (χ0v) is 13.3. The molecule has 6 heteroatoms. The predicted octanol–water partition coefficient (Wildman–Crippen LogP) is 2.51. The minimum Gasteiger partial charge on any atom is -0.368 e. The molecule has 1 aromatic carbocycles. The fourth-order valence-corrected chi connectivity index (χ4v) is 2.72. The summed E-state index contributed by atoms with van der Waals surface area (Å²) < 4.78 is 0. The van der Waals surface area contributed by atoms with Gasteiger partial charge in [-0.05, 0) is 24.8 Å². The third-order valence-electron chi connectivity index (χ3n) is 4.24. The van der Waals surface area contributed by atoms with Crippen molar-refractivity contribution in [2.45, 2.75) is 31.7 Å². The van der Waals surface area contributed by atoms with Gasteiger partial charge in [-0.1, -0.05) is 37.3 Å². The second-order valence-electron chi connectivity index (χ2n) is 5.88. The number of aromatic nitrogens is 4. The van der Waals surface area contributed by atoms with Crippen LogP contribution in [0.3, 0.4) is 0 Å². The summed E-state index contributed by atoms with van der Waals surface area (Å²) in [6.07, 6.45) is 5.80. The number of nitrogens with one attached hydrogen (secondary N) is 2. The monoisotopic (exact) mass is 310 g/mol. The molecule has 3 rings (SSSR count). The topological polar surface area (TPSA) is 92.5 Å². The second kappa shape index (κ2) is 6.75. The first-order chi connectivity index (χ1) is 11.2. The number of benzene rings is 1. The maximum atomic E-state index is 6.59. The van der Waals surface area contributed by atoms with E-state index in [0.717, 1.165) is 42.8 Å². The number of aromatic amines is 1. The van der Waals surface area contributed by atoms with Crippen LogP contribution >= 0.6 is 0 Å². The van der Waals surface area contributed by atoms with Crippen molar-refractivity contribution >= 4 is 17.0 Å². The summed E-state index contributed by atoms with van der Waals surface area (Å²) in [5.41, 5.74) is 9.13. The van der Waals surface area contributed by atoms with E-state index in [2.05, 4.69) is 56.4 Å². The molecule has 0 bridgehead atoms. The Hall–Kier alpha value is -2.47. The molecule has 120 valence electrons. The Labute approximate surface area is 135 Å². The van der Waals surface area contributed by atoms with Gasteiger partial charge in [0, 0.05) is 12.1 Å². The molecule has 0 amide bonds. The van der Waals surface area contributed by atoms with Crippen LogP contribution in [0.15, 0.2) is 43.0 Å². The van der Waals surface area contributed by atoms with Crippen LogP contribution in [0.1, 0.15) is 25.3 Å². The lowest BCUT2D eigenvalue weighted by atomic mass is 9.86.